The summed E-state index contributed by atoms with van der Waals surface area (Å²) in [6, 6.07) is 5.22. The highest BCUT2D eigenvalue weighted by atomic mass is 79.9. The van der Waals surface area contributed by atoms with Gasteiger partial charge in [-0.05, 0) is 41.0 Å². The van der Waals surface area contributed by atoms with Gasteiger partial charge in [0.25, 0.3) is 0 Å². The molecule has 0 saturated carbocycles. The minimum absolute atomic E-state index is 0.122. The summed E-state index contributed by atoms with van der Waals surface area (Å²) in [6.07, 6.45) is 4.50. The van der Waals surface area contributed by atoms with Crippen molar-refractivity contribution in [1.29, 1.82) is 0 Å². The molecule has 1 aromatic heterocycles. The smallest absolute Gasteiger partial charge is 0.137 e. The molecule has 18 heavy (non-hydrogen) atoms. The van der Waals surface area contributed by atoms with E-state index < -0.39 is 0 Å². The summed E-state index contributed by atoms with van der Waals surface area (Å²) in [4.78, 5) is 0. The molecule has 0 bridgehead atoms. The van der Waals surface area contributed by atoms with Gasteiger partial charge in [0.1, 0.15) is 5.82 Å². The fourth-order valence-electron chi connectivity index (χ4n) is 1.93. The molecule has 0 radical (unpaired) electrons. The van der Waals surface area contributed by atoms with Crippen LogP contribution in [0.15, 0.2) is 35.1 Å². The van der Waals surface area contributed by atoms with E-state index in [2.05, 4.69) is 26.3 Å². The molecule has 1 unspecified atom stereocenters. The first-order chi connectivity index (χ1) is 8.61. The zero-order valence-corrected chi connectivity index (χ0v) is 11.9. The quantitative estimate of drug-likeness (QED) is 0.941. The lowest BCUT2D eigenvalue weighted by Gasteiger charge is -2.15. The summed E-state index contributed by atoms with van der Waals surface area (Å²) < 4.78 is 15.8. The van der Waals surface area contributed by atoms with Crippen molar-refractivity contribution in [3.63, 3.8) is 0 Å². The second kappa shape index (κ2) is 5.63. The first-order valence-electron chi connectivity index (χ1n) is 5.70. The Kier molecular flexibility index (Phi) is 4.14. The van der Waals surface area contributed by atoms with Gasteiger partial charge in [0.05, 0.1) is 10.7 Å². The fraction of sp³-hybridized carbons (Fsp3) is 0.308. The number of hydrogen-bond acceptors (Lipinski definition) is 2. The van der Waals surface area contributed by atoms with Crippen molar-refractivity contribution < 1.29 is 4.39 Å². The molecule has 0 fully saturated rings. The molecule has 5 heteroatoms. The number of rotatable bonds is 4. The van der Waals surface area contributed by atoms with Gasteiger partial charge >= 0.3 is 0 Å². The van der Waals surface area contributed by atoms with E-state index in [0.717, 1.165) is 11.1 Å². The highest BCUT2D eigenvalue weighted by molar-refractivity contribution is 9.10. The van der Waals surface area contributed by atoms with Crippen LogP contribution in [0.3, 0.4) is 0 Å². The first-order valence-corrected chi connectivity index (χ1v) is 6.50. The average molecular weight is 312 g/mol. The third kappa shape index (κ3) is 2.79. The number of hydrogen-bond donors (Lipinski definition) is 1. The fourth-order valence-corrected chi connectivity index (χ4v) is 2.36. The van der Waals surface area contributed by atoms with Crippen LogP contribution in [0.1, 0.15) is 17.2 Å². The summed E-state index contributed by atoms with van der Waals surface area (Å²) in [7, 11) is 3.78. The Hall–Kier alpha value is -1.20. The highest BCUT2D eigenvalue weighted by Crippen LogP contribution is 2.25. The van der Waals surface area contributed by atoms with Crippen molar-refractivity contribution in [2.75, 3.05) is 7.05 Å². The number of nitrogens with zero attached hydrogens (tertiary/aromatic N) is 2. The van der Waals surface area contributed by atoms with Crippen molar-refractivity contribution in [2.24, 2.45) is 7.05 Å². The van der Waals surface area contributed by atoms with Gasteiger partial charge in [-0.25, -0.2) is 4.39 Å². The number of likely N-dealkylation sites (N-methyl/N-ethyl adjacent to an activating group) is 1. The third-order valence-electron chi connectivity index (χ3n) is 2.93. The van der Waals surface area contributed by atoms with Crippen LogP contribution in [0, 0.1) is 5.82 Å². The average Bonchev–Trinajstić information content (AvgIpc) is 2.78. The number of aromatic nitrogens is 2. The van der Waals surface area contributed by atoms with E-state index in [1.165, 1.54) is 6.07 Å². The van der Waals surface area contributed by atoms with Crippen molar-refractivity contribution in [1.82, 2.24) is 15.1 Å². The number of aryl methyl sites for hydroxylation is 1. The minimum atomic E-state index is -0.228. The second-order valence-corrected chi connectivity index (χ2v) is 5.00. The molecule has 1 N–H and O–H groups in total. The maximum Gasteiger partial charge on any atom is 0.137 e. The zero-order chi connectivity index (χ0) is 13.1. The second-order valence-electron chi connectivity index (χ2n) is 4.21. The van der Waals surface area contributed by atoms with Gasteiger partial charge in [0, 0.05) is 24.8 Å². The lowest BCUT2D eigenvalue weighted by Crippen LogP contribution is -2.18. The topological polar surface area (TPSA) is 29.9 Å². The Morgan fingerprint density at radius 1 is 1.50 bits per heavy atom. The highest BCUT2D eigenvalue weighted by Gasteiger charge is 2.14. The number of nitrogens with one attached hydrogen (secondary N) is 1. The third-order valence-corrected chi connectivity index (χ3v) is 3.82. The maximum absolute atomic E-state index is 13.5. The van der Waals surface area contributed by atoms with Gasteiger partial charge in [0.2, 0.25) is 0 Å². The summed E-state index contributed by atoms with van der Waals surface area (Å²) in [5.74, 6) is -0.228. The molecule has 2 rings (SSSR count). The van der Waals surface area contributed by atoms with Crippen LogP contribution in [0.2, 0.25) is 0 Å². The SMILES string of the molecule is CNC(Cc1cccc(F)c1Br)c1cnn(C)c1. The molecule has 0 aliphatic carbocycles. The molecule has 0 amide bonds. The van der Waals surface area contributed by atoms with E-state index in [1.807, 2.05) is 32.6 Å². The number of benzene rings is 1. The monoisotopic (exact) mass is 311 g/mol. The summed E-state index contributed by atoms with van der Waals surface area (Å²) >= 11 is 3.29. The van der Waals surface area contributed by atoms with E-state index in [1.54, 1.807) is 10.7 Å². The molecule has 0 aliphatic rings. The van der Waals surface area contributed by atoms with Crippen molar-refractivity contribution in [3.8, 4) is 0 Å². The van der Waals surface area contributed by atoms with E-state index in [4.69, 9.17) is 0 Å². The molecule has 1 heterocycles. The lowest BCUT2D eigenvalue weighted by molar-refractivity contribution is 0.579. The predicted molar refractivity (Wildman–Crippen MR) is 72.8 cm³/mol. The molecule has 96 valence electrons. The van der Waals surface area contributed by atoms with Crippen LogP contribution in [-0.2, 0) is 13.5 Å². The molecule has 0 saturated heterocycles. The molecule has 0 spiro atoms. The molecular weight excluding hydrogens is 297 g/mol. The van der Waals surface area contributed by atoms with Crippen molar-refractivity contribution in [2.45, 2.75) is 12.5 Å². The molecule has 1 atom stereocenters. The van der Waals surface area contributed by atoms with E-state index in [0.29, 0.717) is 10.9 Å². The maximum atomic E-state index is 13.5. The van der Waals surface area contributed by atoms with Gasteiger partial charge < -0.3 is 5.32 Å². The van der Waals surface area contributed by atoms with Gasteiger partial charge in [-0.15, -0.1) is 0 Å². The van der Waals surface area contributed by atoms with Crippen molar-refractivity contribution >= 4 is 15.9 Å². The van der Waals surface area contributed by atoms with Crippen LogP contribution < -0.4 is 5.32 Å². The van der Waals surface area contributed by atoms with Crippen LogP contribution in [0.25, 0.3) is 0 Å². The first kappa shape index (κ1) is 13.2. The van der Waals surface area contributed by atoms with E-state index >= 15 is 0 Å². The standard InChI is InChI=1S/C13H15BrFN3/c1-16-12(10-7-17-18(2)8-10)6-9-4-3-5-11(15)13(9)14/h3-5,7-8,12,16H,6H2,1-2H3. The summed E-state index contributed by atoms with van der Waals surface area (Å²) in [5, 5.41) is 7.39. The van der Waals surface area contributed by atoms with Crippen LogP contribution >= 0.6 is 15.9 Å². The van der Waals surface area contributed by atoms with Gasteiger partial charge in [-0.3, -0.25) is 4.68 Å². The molecule has 1 aromatic carbocycles. The van der Waals surface area contributed by atoms with Gasteiger partial charge in [0.15, 0.2) is 0 Å². The van der Waals surface area contributed by atoms with Crippen LogP contribution in [0.4, 0.5) is 4.39 Å². The van der Waals surface area contributed by atoms with E-state index in [9.17, 15) is 4.39 Å². The Bertz CT molecular complexity index is 539. The largest absolute Gasteiger partial charge is 0.313 e. The molecular formula is C13H15BrFN3. The molecule has 3 nitrogen and oxygen atoms in total. The molecule has 0 aliphatic heterocycles. The van der Waals surface area contributed by atoms with Crippen molar-refractivity contribution in [3.05, 3.63) is 52.0 Å². The Morgan fingerprint density at radius 2 is 2.28 bits per heavy atom. The Morgan fingerprint density at radius 3 is 2.89 bits per heavy atom. The zero-order valence-electron chi connectivity index (χ0n) is 10.3. The lowest BCUT2D eigenvalue weighted by atomic mass is 10.0. The predicted octanol–water partition coefficient (Wildman–Crippen LogP) is 2.82. The van der Waals surface area contributed by atoms with E-state index in [-0.39, 0.29) is 11.9 Å². The van der Waals surface area contributed by atoms with Gasteiger partial charge in [-0.2, -0.15) is 5.10 Å². The summed E-state index contributed by atoms with van der Waals surface area (Å²) in [6.45, 7) is 0. The molecule has 2 aromatic rings. The van der Waals surface area contributed by atoms with Gasteiger partial charge in [-0.1, -0.05) is 12.1 Å². The van der Waals surface area contributed by atoms with Crippen LogP contribution in [0.5, 0.6) is 0 Å². The Balaban J connectivity index is 2.23. The Labute approximate surface area is 114 Å². The normalized spacial score (nSPS) is 12.7. The minimum Gasteiger partial charge on any atom is -0.313 e. The van der Waals surface area contributed by atoms with Crippen LogP contribution in [-0.4, -0.2) is 16.8 Å². The summed E-state index contributed by atoms with van der Waals surface area (Å²) in [5.41, 5.74) is 2.04. The number of halogens is 2.